The van der Waals surface area contributed by atoms with Gasteiger partial charge in [-0.15, -0.1) is 0 Å². The maximum atomic E-state index is 12.5. The van der Waals surface area contributed by atoms with Crippen LogP contribution in [0.3, 0.4) is 0 Å². The third kappa shape index (κ3) is 4.93. The first-order chi connectivity index (χ1) is 14.8. The van der Waals surface area contributed by atoms with E-state index in [0.717, 1.165) is 31.6 Å². The molecular formula is C22H29N7O2. The molecule has 3 heterocycles. The summed E-state index contributed by atoms with van der Waals surface area (Å²) in [6, 6.07) is 9.66. The number of hydrogen-bond acceptors (Lipinski definition) is 6. The minimum absolute atomic E-state index is 0.00972. The van der Waals surface area contributed by atoms with E-state index in [4.69, 9.17) is 0 Å². The minimum Gasteiger partial charge on any atom is -0.353 e. The van der Waals surface area contributed by atoms with E-state index in [0.29, 0.717) is 23.5 Å². The van der Waals surface area contributed by atoms with Crippen molar-refractivity contribution < 1.29 is 4.79 Å². The maximum Gasteiger partial charge on any atom is 0.263 e. The zero-order valence-electron chi connectivity index (χ0n) is 18.2. The number of amides is 1. The van der Waals surface area contributed by atoms with Gasteiger partial charge in [0.1, 0.15) is 5.39 Å². The van der Waals surface area contributed by atoms with E-state index in [2.05, 4.69) is 30.6 Å². The van der Waals surface area contributed by atoms with Gasteiger partial charge in [0.15, 0.2) is 5.65 Å². The fraction of sp³-hybridized carbons (Fsp3) is 0.455. The molecule has 0 atom stereocenters. The van der Waals surface area contributed by atoms with Crippen molar-refractivity contribution in [3.63, 3.8) is 0 Å². The number of rotatable bonds is 5. The molecule has 0 unspecified atom stereocenters. The fourth-order valence-corrected chi connectivity index (χ4v) is 3.83. The smallest absolute Gasteiger partial charge is 0.263 e. The van der Waals surface area contributed by atoms with Gasteiger partial charge in [-0.25, -0.2) is 4.68 Å². The second-order valence-corrected chi connectivity index (χ2v) is 8.99. The zero-order chi connectivity index (χ0) is 22.0. The third-order valence-corrected chi connectivity index (χ3v) is 5.43. The molecule has 4 rings (SSSR count). The van der Waals surface area contributed by atoms with E-state index >= 15 is 0 Å². The molecule has 1 aliphatic rings. The normalized spacial score (nSPS) is 15.8. The van der Waals surface area contributed by atoms with Crippen molar-refractivity contribution in [3.05, 3.63) is 46.9 Å². The van der Waals surface area contributed by atoms with E-state index in [1.807, 2.05) is 51.1 Å². The lowest BCUT2D eigenvalue weighted by Gasteiger charge is -2.32. The summed E-state index contributed by atoms with van der Waals surface area (Å²) in [5.41, 5.74) is 0.918. The lowest BCUT2D eigenvalue weighted by Crippen LogP contribution is -2.43. The highest BCUT2D eigenvalue weighted by Gasteiger charge is 2.23. The van der Waals surface area contributed by atoms with Gasteiger partial charge in [0.25, 0.3) is 5.56 Å². The zero-order valence-corrected chi connectivity index (χ0v) is 18.2. The van der Waals surface area contributed by atoms with Crippen LogP contribution in [0.2, 0.25) is 0 Å². The van der Waals surface area contributed by atoms with Crippen molar-refractivity contribution in [2.75, 3.05) is 30.3 Å². The molecule has 0 aliphatic carbocycles. The Bertz CT molecular complexity index is 1110. The molecule has 3 aromatic rings. The van der Waals surface area contributed by atoms with Crippen molar-refractivity contribution in [1.82, 2.24) is 24.6 Å². The molecular weight excluding hydrogens is 394 g/mol. The molecule has 9 heteroatoms. The average molecular weight is 424 g/mol. The topological polar surface area (TPSA) is 108 Å². The number of likely N-dealkylation sites (tertiary alicyclic amines) is 1. The minimum atomic E-state index is -0.272. The number of H-pyrrole nitrogens is 1. The number of nitrogens with one attached hydrogen (secondary N) is 3. The summed E-state index contributed by atoms with van der Waals surface area (Å²) in [7, 11) is 0. The Morgan fingerprint density at radius 3 is 2.58 bits per heavy atom. The first-order valence-corrected chi connectivity index (χ1v) is 10.6. The summed E-state index contributed by atoms with van der Waals surface area (Å²) in [6.45, 7) is 8.04. The molecule has 1 aliphatic heterocycles. The van der Waals surface area contributed by atoms with Gasteiger partial charge >= 0.3 is 0 Å². The average Bonchev–Trinajstić information content (AvgIpc) is 3.15. The van der Waals surface area contributed by atoms with Gasteiger partial charge in [0, 0.05) is 24.8 Å². The molecule has 0 bridgehead atoms. The van der Waals surface area contributed by atoms with E-state index in [9.17, 15) is 9.59 Å². The second-order valence-electron chi connectivity index (χ2n) is 8.99. The van der Waals surface area contributed by atoms with Crippen LogP contribution < -0.4 is 16.2 Å². The first kappa shape index (κ1) is 21.0. The van der Waals surface area contributed by atoms with Gasteiger partial charge in [0.2, 0.25) is 11.9 Å². The van der Waals surface area contributed by atoms with Crippen LogP contribution in [0, 0.1) is 0 Å². The third-order valence-electron chi connectivity index (χ3n) is 5.43. The molecule has 164 valence electrons. The SMILES string of the molecule is CC(C)(C)n1ncc2c(=O)[nH]c(NC3CCN(CC(=O)Nc4ccccc4)CC3)nc21. The molecule has 1 amide bonds. The molecule has 31 heavy (non-hydrogen) atoms. The van der Waals surface area contributed by atoms with Crippen molar-refractivity contribution >= 4 is 28.6 Å². The van der Waals surface area contributed by atoms with Crippen molar-refractivity contribution in [2.45, 2.75) is 45.2 Å². The Hall–Kier alpha value is -3.20. The van der Waals surface area contributed by atoms with Crippen molar-refractivity contribution in [3.8, 4) is 0 Å². The van der Waals surface area contributed by atoms with Crippen LogP contribution in [0.5, 0.6) is 0 Å². The summed E-state index contributed by atoms with van der Waals surface area (Å²) in [5.74, 6) is 0.452. The monoisotopic (exact) mass is 423 g/mol. The number of benzene rings is 1. The second kappa shape index (κ2) is 8.50. The summed E-state index contributed by atoms with van der Waals surface area (Å²) in [5, 5.41) is 11.1. The molecule has 1 saturated heterocycles. The summed E-state index contributed by atoms with van der Waals surface area (Å²) in [4.78, 5) is 34.3. The van der Waals surface area contributed by atoms with Crippen LogP contribution in [-0.4, -0.2) is 56.2 Å². The number of anilines is 2. The van der Waals surface area contributed by atoms with Gasteiger partial charge in [-0.2, -0.15) is 10.1 Å². The maximum absolute atomic E-state index is 12.5. The van der Waals surface area contributed by atoms with Crippen LogP contribution in [-0.2, 0) is 10.3 Å². The van der Waals surface area contributed by atoms with Crippen LogP contribution in [0.1, 0.15) is 33.6 Å². The highest BCUT2D eigenvalue weighted by Crippen LogP contribution is 2.20. The van der Waals surface area contributed by atoms with E-state index in [1.165, 1.54) is 0 Å². The van der Waals surface area contributed by atoms with Crippen LogP contribution >= 0.6 is 0 Å². The highest BCUT2D eigenvalue weighted by molar-refractivity contribution is 5.92. The Labute approximate surface area is 180 Å². The largest absolute Gasteiger partial charge is 0.353 e. The Morgan fingerprint density at radius 2 is 1.90 bits per heavy atom. The van der Waals surface area contributed by atoms with E-state index in [1.54, 1.807) is 10.9 Å². The van der Waals surface area contributed by atoms with Crippen LogP contribution in [0.25, 0.3) is 11.0 Å². The fourth-order valence-electron chi connectivity index (χ4n) is 3.83. The molecule has 0 spiro atoms. The van der Waals surface area contributed by atoms with Gasteiger partial charge in [-0.1, -0.05) is 18.2 Å². The number of fused-ring (bicyclic) bond motifs is 1. The number of aromatic nitrogens is 4. The summed E-state index contributed by atoms with van der Waals surface area (Å²) in [6.07, 6.45) is 3.28. The molecule has 0 radical (unpaired) electrons. The predicted octanol–water partition coefficient (Wildman–Crippen LogP) is 2.39. The quantitative estimate of drug-likeness (QED) is 0.582. The molecule has 3 N–H and O–H groups in total. The number of para-hydroxylation sites is 1. The molecule has 9 nitrogen and oxygen atoms in total. The predicted molar refractivity (Wildman–Crippen MR) is 121 cm³/mol. The standard InChI is InChI=1S/C22H29N7O2/c1-22(2,3)29-19-17(13-23-29)20(31)27-21(26-19)25-16-9-11-28(12-10-16)14-18(30)24-15-7-5-4-6-8-15/h4-8,13,16H,9-12,14H2,1-3H3,(H,24,30)(H2,25,26,27,31). The Balaban J connectivity index is 1.35. The first-order valence-electron chi connectivity index (χ1n) is 10.6. The lowest BCUT2D eigenvalue weighted by molar-refractivity contribution is -0.117. The summed E-state index contributed by atoms with van der Waals surface area (Å²) >= 11 is 0. The molecule has 2 aromatic heterocycles. The highest BCUT2D eigenvalue weighted by atomic mass is 16.2. The van der Waals surface area contributed by atoms with Crippen molar-refractivity contribution in [2.24, 2.45) is 0 Å². The van der Waals surface area contributed by atoms with Crippen molar-refractivity contribution in [1.29, 1.82) is 0 Å². The number of carbonyl (C=O) groups is 1. The molecule has 1 aromatic carbocycles. The number of carbonyl (C=O) groups excluding carboxylic acids is 1. The molecule has 0 saturated carbocycles. The van der Waals surface area contributed by atoms with Gasteiger partial charge < -0.3 is 10.6 Å². The Morgan fingerprint density at radius 1 is 1.19 bits per heavy atom. The number of piperidine rings is 1. The number of nitrogens with zero attached hydrogens (tertiary/aromatic N) is 4. The number of hydrogen-bond donors (Lipinski definition) is 3. The Kier molecular flexibility index (Phi) is 5.77. The summed E-state index contributed by atoms with van der Waals surface area (Å²) < 4.78 is 1.77. The van der Waals surface area contributed by atoms with Gasteiger partial charge in [-0.05, 0) is 45.7 Å². The van der Waals surface area contributed by atoms with Gasteiger partial charge in [-0.3, -0.25) is 19.5 Å². The van der Waals surface area contributed by atoms with E-state index < -0.39 is 0 Å². The van der Waals surface area contributed by atoms with Crippen LogP contribution in [0.4, 0.5) is 11.6 Å². The van der Waals surface area contributed by atoms with Crippen LogP contribution in [0.15, 0.2) is 41.3 Å². The van der Waals surface area contributed by atoms with Gasteiger partial charge in [0.05, 0.1) is 18.3 Å². The number of aromatic amines is 1. The molecule has 1 fully saturated rings. The van der Waals surface area contributed by atoms with E-state index in [-0.39, 0.29) is 23.0 Å². The lowest BCUT2D eigenvalue weighted by atomic mass is 10.1.